The number of anilines is 1. The number of nitrogens with one attached hydrogen (secondary N) is 1. The minimum absolute atomic E-state index is 0.362. The standard InChI is InChI=1S/C11H18BrN3/c1-5-8-9(12)11(13-6-2)15-10(14-8)7(3)4/h7H,5-6H2,1-4H3,(H,13,14,15). The van der Waals surface area contributed by atoms with Gasteiger partial charge in [-0.3, -0.25) is 0 Å². The molecule has 0 aliphatic rings. The zero-order chi connectivity index (χ0) is 11.4. The summed E-state index contributed by atoms with van der Waals surface area (Å²) in [5.74, 6) is 2.18. The lowest BCUT2D eigenvalue weighted by Crippen LogP contribution is -2.08. The fourth-order valence-corrected chi connectivity index (χ4v) is 1.89. The molecule has 15 heavy (non-hydrogen) atoms. The van der Waals surface area contributed by atoms with Gasteiger partial charge in [0.05, 0.1) is 10.2 Å². The number of rotatable bonds is 4. The summed E-state index contributed by atoms with van der Waals surface area (Å²) in [6.07, 6.45) is 0.918. The highest BCUT2D eigenvalue weighted by Crippen LogP contribution is 2.25. The molecule has 0 spiro atoms. The van der Waals surface area contributed by atoms with Gasteiger partial charge in [0.25, 0.3) is 0 Å². The number of halogens is 1. The van der Waals surface area contributed by atoms with Crippen LogP contribution in [-0.4, -0.2) is 16.5 Å². The smallest absolute Gasteiger partial charge is 0.144 e. The average Bonchev–Trinajstić information content (AvgIpc) is 2.21. The lowest BCUT2D eigenvalue weighted by molar-refractivity contribution is 0.756. The second kappa shape index (κ2) is 5.45. The predicted octanol–water partition coefficient (Wildman–Crippen LogP) is 3.36. The molecular weight excluding hydrogens is 254 g/mol. The zero-order valence-corrected chi connectivity index (χ0v) is 11.3. The Labute approximate surface area is 99.8 Å². The van der Waals surface area contributed by atoms with Crippen LogP contribution in [0.1, 0.15) is 45.1 Å². The first-order chi connectivity index (χ1) is 7.10. The molecule has 0 bridgehead atoms. The summed E-state index contributed by atoms with van der Waals surface area (Å²) in [7, 11) is 0. The SMILES string of the molecule is CCNc1nc(C(C)C)nc(CC)c1Br. The van der Waals surface area contributed by atoms with Crippen LogP contribution in [0.4, 0.5) is 5.82 Å². The molecule has 0 amide bonds. The van der Waals surface area contributed by atoms with Gasteiger partial charge in [-0.25, -0.2) is 9.97 Å². The second-order valence-corrected chi connectivity index (χ2v) is 4.52. The van der Waals surface area contributed by atoms with E-state index >= 15 is 0 Å². The van der Waals surface area contributed by atoms with Crippen molar-refractivity contribution in [1.82, 2.24) is 9.97 Å². The van der Waals surface area contributed by atoms with E-state index in [-0.39, 0.29) is 0 Å². The van der Waals surface area contributed by atoms with E-state index in [1.165, 1.54) is 0 Å². The molecule has 1 heterocycles. The van der Waals surface area contributed by atoms with Crippen LogP contribution in [0.25, 0.3) is 0 Å². The molecular formula is C11H18BrN3. The summed E-state index contributed by atoms with van der Waals surface area (Å²) in [5.41, 5.74) is 1.07. The molecule has 1 N–H and O–H groups in total. The van der Waals surface area contributed by atoms with Crippen LogP contribution in [0, 0.1) is 0 Å². The number of aromatic nitrogens is 2. The van der Waals surface area contributed by atoms with Crippen molar-refractivity contribution >= 4 is 21.7 Å². The predicted molar refractivity (Wildman–Crippen MR) is 67.4 cm³/mol. The quantitative estimate of drug-likeness (QED) is 0.913. The zero-order valence-electron chi connectivity index (χ0n) is 9.76. The summed E-state index contributed by atoms with van der Waals surface area (Å²) < 4.78 is 0.997. The molecule has 0 radical (unpaired) electrons. The summed E-state index contributed by atoms with van der Waals surface area (Å²) >= 11 is 3.54. The van der Waals surface area contributed by atoms with Gasteiger partial charge in [0.15, 0.2) is 0 Å². The van der Waals surface area contributed by atoms with E-state index in [4.69, 9.17) is 0 Å². The minimum Gasteiger partial charge on any atom is -0.369 e. The van der Waals surface area contributed by atoms with Crippen molar-refractivity contribution in [3.8, 4) is 0 Å². The highest BCUT2D eigenvalue weighted by Gasteiger charge is 2.12. The molecule has 0 atom stereocenters. The van der Waals surface area contributed by atoms with E-state index in [0.29, 0.717) is 5.92 Å². The van der Waals surface area contributed by atoms with Gasteiger partial charge in [-0.2, -0.15) is 0 Å². The van der Waals surface area contributed by atoms with Crippen LogP contribution in [-0.2, 0) is 6.42 Å². The van der Waals surface area contributed by atoms with Crippen molar-refractivity contribution < 1.29 is 0 Å². The van der Waals surface area contributed by atoms with E-state index in [0.717, 1.165) is 34.8 Å². The van der Waals surface area contributed by atoms with Crippen LogP contribution >= 0.6 is 15.9 Å². The van der Waals surface area contributed by atoms with Crippen molar-refractivity contribution in [2.45, 2.75) is 40.0 Å². The first-order valence-corrected chi connectivity index (χ1v) is 6.19. The molecule has 1 rings (SSSR count). The van der Waals surface area contributed by atoms with E-state index < -0.39 is 0 Å². The Balaban J connectivity index is 3.19. The van der Waals surface area contributed by atoms with Crippen LogP contribution in [0.3, 0.4) is 0 Å². The van der Waals surface area contributed by atoms with E-state index in [1.54, 1.807) is 0 Å². The topological polar surface area (TPSA) is 37.8 Å². The molecule has 0 saturated carbocycles. The Morgan fingerprint density at radius 2 is 1.93 bits per heavy atom. The number of hydrogen-bond acceptors (Lipinski definition) is 3. The minimum atomic E-state index is 0.362. The third-order valence-corrected chi connectivity index (χ3v) is 2.97. The summed E-state index contributed by atoms with van der Waals surface area (Å²) in [6, 6.07) is 0. The molecule has 0 fully saturated rings. The molecule has 3 nitrogen and oxygen atoms in total. The summed E-state index contributed by atoms with van der Waals surface area (Å²) in [6.45, 7) is 9.26. The molecule has 1 aromatic heterocycles. The van der Waals surface area contributed by atoms with Crippen LogP contribution in [0.15, 0.2) is 4.47 Å². The second-order valence-electron chi connectivity index (χ2n) is 3.73. The summed E-state index contributed by atoms with van der Waals surface area (Å²) in [4.78, 5) is 9.04. The van der Waals surface area contributed by atoms with Gasteiger partial charge < -0.3 is 5.32 Å². The van der Waals surface area contributed by atoms with Crippen LogP contribution in [0.2, 0.25) is 0 Å². The molecule has 84 valence electrons. The summed E-state index contributed by atoms with van der Waals surface area (Å²) in [5, 5.41) is 3.25. The van der Waals surface area contributed by atoms with Gasteiger partial charge >= 0.3 is 0 Å². The van der Waals surface area contributed by atoms with Crippen molar-refractivity contribution in [3.05, 3.63) is 16.0 Å². The molecule has 0 aliphatic heterocycles. The van der Waals surface area contributed by atoms with E-state index in [2.05, 4.69) is 58.9 Å². The fraction of sp³-hybridized carbons (Fsp3) is 0.636. The monoisotopic (exact) mass is 271 g/mol. The Kier molecular flexibility index (Phi) is 4.51. The van der Waals surface area contributed by atoms with Gasteiger partial charge in [-0.1, -0.05) is 20.8 Å². The van der Waals surface area contributed by atoms with Crippen LogP contribution in [0.5, 0.6) is 0 Å². The first-order valence-electron chi connectivity index (χ1n) is 5.40. The highest BCUT2D eigenvalue weighted by atomic mass is 79.9. The van der Waals surface area contributed by atoms with Crippen LogP contribution < -0.4 is 5.32 Å². The molecule has 0 unspecified atom stereocenters. The molecule has 0 aliphatic carbocycles. The fourth-order valence-electron chi connectivity index (χ4n) is 1.29. The Bertz CT molecular complexity index is 337. The van der Waals surface area contributed by atoms with Crippen molar-refractivity contribution in [2.24, 2.45) is 0 Å². The largest absolute Gasteiger partial charge is 0.369 e. The Morgan fingerprint density at radius 3 is 2.40 bits per heavy atom. The molecule has 1 aromatic rings. The molecule has 0 saturated heterocycles. The van der Waals surface area contributed by atoms with Gasteiger partial charge in [-0.05, 0) is 29.3 Å². The van der Waals surface area contributed by atoms with Gasteiger partial charge in [0.1, 0.15) is 11.6 Å². The molecule has 0 aromatic carbocycles. The Hall–Kier alpha value is -0.640. The van der Waals surface area contributed by atoms with Crippen molar-refractivity contribution in [1.29, 1.82) is 0 Å². The third-order valence-electron chi connectivity index (χ3n) is 2.13. The lowest BCUT2D eigenvalue weighted by Gasteiger charge is -2.12. The van der Waals surface area contributed by atoms with Gasteiger partial charge in [0, 0.05) is 12.5 Å². The Morgan fingerprint density at radius 1 is 1.27 bits per heavy atom. The van der Waals surface area contributed by atoms with Crippen molar-refractivity contribution in [2.75, 3.05) is 11.9 Å². The lowest BCUT2D eigenvalue weighted by atomic mass is 10.2. The maximum Gasteiger partial charge on any atom is 0.144 e. The van der Waals surface area contributed by atoms with Gasteiger partial charge in [0.2, 0.25) is 0 Å². The molecule has 4 heteroatoms. The number of aryl methyl sites for hydroxylation is 1. The highest BCUT2D eigenvalue weighted by molar-refractivity contribution is 9.10. The maximum atomic E-state index is 4.54. The maximum absolute atomic E-state index is 4.54. The van der Waals surface area contributed by atoms with Gasteiger partial charge in [-0.15, -0.1) is 0 Å². The van der Waals surface area contributed by atoms with E-state index in [1.807, 2.05) is 0 Å². The number of nitrogens with zero attached hydrogens (tertiary/aromatic N) is 2. The van der Waals surface area contributed by atoms with Crippen molar-refractivity contribution in [3.63, 3.8) is 0 Å². The van der Waals surface area contributed by atoms with E-state index in [9.17, 15) is 0 Å². The number of hydrogen-bond donors (Lipinski definition) is 1. The average molecular weight is 272 g/mol. The third kappa shape index (κ3) is 2.91. The first kappa shape index (κ1) is 12.4. The normalized spacial score (nSPS) is 10.8.